The number of hydrogen-bond acceptors (Lipinski definition) is 4. The summed E-state index contributed by atoms with van der Waals surface area (Å²) in [5.74, 6) is 1.89. The van der Waals surface area contributed by atoms with Gasteiger partial charge in [-0.1, -0.05) is 11.6 Å². The highest BCUT2D eigenvalue weighted by molar-refractivity contribution is 6.30. The molecule has 1 saturated carbocycles. The van der Waals surface area contributed by atoms with Gasteiger partial charge in [0.05, 0.1) is 6.10 Å². The molecular weight excluding hydrogens is 298 g/mol. The van der Waals surface area contributed by atoms with Crippen molar-refractivity contribution in [3.8, 4) is 11.4 Å². The third-order valence-corrected chi connectivity index (χ3v) is 5.07. The minimum atomic E-state index is -0.0847. The number of halogens is 1. The molecule has 2 heterocycles. The van der Waals surface area contributed by atoms with Gasteiger partial charge in [0.25, 0.3) is 0 Å². The predicted molar refractivity (Wildman–Crippen MR) is 85.4 cm³/mol. The van der Waals surface area contributed by atoms with Crippen LogP contribution in [0.2, 0.25) is 5.02 Å². The van der Waals surface area contributed by atoms with Crippen molar-refractivity contribution in [2.75, 3.05) is 13.1 Å². The van der Waals surface area contributed by atoms with Gasteiger partial charge in [0, 0.05) is 54.1 Å². The van der Waals surface area contributed by atoms with Gasteiger partial charge in [0.15, 0.2) is 5.82 Å². The summed E-state index contributed by atoms with van der Waals surface area (Å²) >= 11 is 5.89. The normalized spacial score (nSPS) is 27.5. The second-order valence-electron chi connectivity index (χ2n) is 6.34. The molecule has 114 valence electrons. The zero-order valence-corrected chi connectivity index (χ0v) is 12.9. The van der Waals surface area contributed by atoms with Crippen LogP contribution in [0.4, 0.5) is 0 Å². The number of nitrogens with zero attached hydrogens (tertiary/aromatic N) is 3. The van der Waals surface area contributed by atoms with Crippen molar-refractivity contribution < 1.29 is 5.11 Å². The molecule has 0 spiro atoms. The lowest BCUT2D eigenvalue weighted by Crippen LogP contribution is -2.39. The van der Waals surface area contributed by atoms with Gasteiger partial charge in [-0.2, -0.15) is 0 Å². The molecule has 4 nitrogen and oxygen atoms in total. The monoisotopic (exact) mass is 315 g/mol. The van der Waals surface area contributed by atoms with Crippen LogP contribution in [0.25, 0.3) is 11.4 Å². The number of fused-ring (bicyclic) bond motifs is 1. The maximum Gasteiger partial charge on any atom is 0.159 e. The summed E-state index contributed by atoms with van der Waals surface area (Å²) in [7, 11) is 0. The van der Waals surface area contributed by atoms with Gasteiger partial charge in [-0.15, -0.1) is 0 Å². The Morgan fingerprint density at radius 1 is 1.14 bits per heavy atom. The number of rotatable bonds is 3. The lowest BCUT2D eigenvalue weighted by atomic mass is 9.74. The fourth-order valence-electron chi connectivity index (χ4n) is 3.53. The van der Waals surface area contributed by atoms with E-state index in [1.165, 1.54) is 0 Å². The van der Waals surface area contributed by atoms with Crippen molar-refractivity contribution in [1.82, 2.24) is 14.9 Å². The molecule has 0 radical (unpaired) electrons. The van der Waals surface area contributed by atoms with Gasteiger partial charge in [-0.3, -0.25) is 4.90 Å². The fourth-order valence-corrected chi connectivity index (χ4v) is 3.66. The molecule has 3 atom stereocenters. The third kappa shape index (κ3) is 2.62. The molecule has 0 amide bonds. The lowest BCUT2D eigenvalue weighted by Gasteiger charge is -2.35. The van der Waals surface area contributed by atoms with E-state index in [2.05, 4.69) is 14.9 Å². The van der Waals surface area contributed by atoms with Crippen molar-refractivity contribution in [3.05, 3.63) is 47.2 Å². The van der Waals surface area contributed by atoms with Crippen molar-refractivity contribution in [1.29, 1.82) is 0 Å². The van der Waals surface area contributed by atoms with E-state index in [0.717, 1.165) is 43.0 Å². The van der Waals surface area contributed by atoms with Gasteiger partial charge in [0.2, 0.25) is 0 Å². The largest absolute Gasteiger partial charge is 0.393 e. The van der Waals surface area contributed by atoms with Gasteiger partial charge in [-0.05, 0) is 36.6 Å². The van der Waals surface area contributed by atoms with E-state index < -0.39 is 0 Å². The van der Waals surface area contributed by atoms with E-state index in [-0.39, 0.29) is 6.10 Å². The Morgan fingerprint density at radius 3 is 2.50 bits per heavy atom. The number of aromatic nitrogens is 2. The average Bonchev–Trinajstić information content (AvgIpc) is 2.85. The van der Waals surface area contributed by atoms with E-state index in [4.69, 9.17) is 11.6 Å². The van der Waals surface area contributed by atoms with Crippen LogP contribution in [0.5, 0.6) is 0 Å². The maximum atomic E-state index is 9.72. The van der Waals surface area contributed by atoms with Crippen LogP contribution in [0.3, 0.4) is 0 Å². The standard InChI is InChI=1S/C17H18ClN3O/c18-14-3-1-12(2-4-14)17-19-6-11(7-20-17)8-21-9-13-5-16(22)15(13)10-21/h1-4,6-7,13,15-16,22H,5,8-10H2/t13-,15+,16+/m1/s1. The van der Waals surface area contributed by atoms with Crippen molar-refractivity contribution in [3.63, 3.8) is 0 Å². The van der Waals surface area contributed by atoms with E-state index >= 15 is 0 Å². The number of benzene rings is 1. The van der Waals surface area contributed by atoms with Crippen molar-refractivity contribution >= 4 is 11.6 Å². The number of hydrogen-bond donors (Lipinski definition) is 1. The Labute approximate surface area is 134 Å². The lowest BCUT2D eigenvalue weighted by molar-refractivity contribution is -0.00435. The number of likely N-dealkylation sites (tertiary alicyclic amines) is 1. The molecule has 0 unspecified atom stereocenters. The smallest absolute Gasteiger partial charge is 0.159 e. The highest BCUT2D eigenvalue weighted by Crippen LogP contribution is 2.41. The highest BCUT2D eigenvalue weighted by atomic mass is 35.5. The maximum absolute atomic E-state index is 9.72. The van der Waals surface area contributed by atoms with Crippen LogP contribution in [-0.4, -0.2) is 39.2 Å². The first-order valence-corrected chi connectivity index (χ1v) is 8.04. The van der Waals surface area contributed by atoms with E-state index in [1.54, 1.807) is 0 Å². The van der Waals surface area contributed by atoms with Crippen LogP contribution in [0.1, 0.15) is 12.0 Å². The minimum Gasteiger partial charge on any atom is -0.393 e. The van der Waals surface area contributed by atoms with Crippen LogP contribution in [0, 0.1) is 11.8 Å². The molecule has 2 aliphatic rings. The third-order valence-electron chi connectivity index (χ3n) is 4.82. The first-order chi connectivity index (χ1) is 10.7. The summed E-state index contributed by atoms with van der Waals surface area (Å²) in [5, 5.41) is 10.4. The number of aliphatic hydroxyl groups excluding tert-OH is 1. The first-order valence-electron chi connectivity index (χ1n) is 7.66. The van der Waals surface area contributed by atoms with E-state index in [1.807, 2.05) is 36.7 Å². The highest BCUT2D eigenvalue weighted by Gasteiger charge is 2.45. The van der Waals surface area contributed by atoms with Crippen LogP contribution < -0.4 is 0 Å². The molecule has 1 saturated heterocycles. The molecule has 4 rings (SSSR count). The number of aliphatic hydroxyl groups is 1. The van der Waals surface area contributed by atoms with Gasteiger partial charge in [0.1, 0.15) is 0 Å². The van der Waals surface area contributed by atoms with Crippen molar-refractivity contribution in [2.24, 2.45) is 11.8 Å². The van der Waals surface area contributed by atoms with Gasteiger partial charge >= 0.3 is 0 Å². The molecule has 0 bridgehead atoms. The van der Waals surface area contributed by atoms with Crippen LogP contribution in [0.15, 0.2) is 36.7 Å². The average molecular weight is 316 g/mol. The SMILES string of the molecule is O[C@H]1C[C@@H]2CN(Cc3cnc(-c4ccc(Cl)cc4)nc3)C[C@@H]21. The van der Waals surface area contributed by atoms with Crippen LogP contribution in [-0.2, 0) is 6.54 Å². The second-order valence-corrected chi connectivity index (χ2v) is 6.78. The molecule has 22 heavy (non-hydrogen) atoms. The zero-order chi connectivity index (χ0) is 15.1. The predicted octanol–water partition coefficient (Wildman–Crippen LogP) is 2.61. The Kier molecular flexibility index (Phi) is 3.60. The summed E-state index contributed by atoms with van der Waals surface area (Å²) in [6.45, 7) is 2.94. The van der Waals surface area contributed by atoms with Crippen LogP contribution >= 0.6 is 11.6 Å². The van der Waals surface area contributed by atoms with Crippen molar-refractivity contribution in [2.45, 2.75) is 19.1 Å². The summed E-state index contributed by atoms with van der Waals surface area (Å²) in [5.41, 5.74) is 2.09. The summed E-state index contributed by atoms with van der Waals surface area (Å²) in [6.07, 6.45) is 4.67. The second kappa shape index (κ2) is 5.61. The fraction of sp³-hybridized carbons (Fsp3) is 0.412. The molecule has 2 fully saturated rings. The molecule has 2 aromatic rings. The Balaban J connectivity index is 1.43. The first kappa shape index (κ1) is 14.1. The summed E-state index contributed by atoms with van der Waals surface area (Å²) < 4.78 is 0. The van der Waals surface area contributed by atoms with E-state index in [0.29, 0.717) is 16.9 Å². The molecule has 1 N–H and O–H groups in total. The Bertz CT molecular complexity index is 659. The van der Waals surface area contributed by atoms with E-state index in [9.17, 15) is 5.11 Å². The van der Waals surface area contributed by atoms with Gasteiger partial charge in [-0.25, -0.2) is 9.97 Å². The molecular formula is C17H18ClN3O. The zero-order valence-electron chi connectivity index (χ0n) is 12.2. The summed E-state index contributed by atoms with van der Waals surface area (Å²) in [4.78, 5) is 11.3. The summed E-state index contributed by atoms with van der Waals surface area (Å²) in [6, 6.07) is 7.55. The topological polar surface area (TPSA) is 49.2 Å². The molecule has 1 aromatic carbocycles. The molecule has 1 aliphatic heterocycles. The Hall–Kier alpha value is -1.49. The molecule has 5 heteroatoms. The Morgan fingerprint density at radius 2 is 1.86 bits per heavy atom. The quantitative estimate of drug-likeness (QED) is 0.946. The molecule has 1 aromatic heterocycles. The van der Waals surface area contributed by atoms with Gasteiger partial charge < -0.3 is 5.11 Å². The molecule has 1 aliphatic carbocycles. The minimum absolute atomic E-state index is 0.0847.